The van der Waals surface area contributed by atoms with Gasteiger partial charge in [-0.05, 0) is 44.2 Å². The normalized spacial score (nSPS) is 15.8. The molecule has 1 aromatic rings. The topological polar surface area (TPSA) is 61.4 Å². The predicted molar refractivity (Wildman–Crippen MR) is 92.2 cm³/mol. The van der Waals surface area contributed by atoms with Crippen LogP contribution in [0, 0.1) is 5.82 Å². The number of likely N-dealkylation sites (N-methyl/N-ethyl adjacent to an activating group) is 1. The Labute approximate surface area is 142 Å². The molecule has 1 saturated carbocycles. The first-order chi connectivity index (χ1) is 11.5. The number of hydrogen-bond donors (Lipinski definition) is 2. The van der Waals surface area contributed by atoms with Crippen LogP contribution in [0.4, 0.5) is 10.1 Å². The molecule has 0 radical (unpaired) electrons. The predicted octanol–water partition coefficient (Wildman–Crippen LogP) is 2.54. The summed E-state index contributed by atoms with van der Waals surface area (Å²) in [5, 5.41) is 5.25. The third-order valence-corrected chi connectivity index (χ3v) is 4.42. The summed E-state index contributed by atoms with van der Waals surface area (Å²) in [6, 6.07) is 5.96. The maximum Gasteiger partial charge on any atom is 0.243 e. The van der Waals surface area contributed by atoms with E-state index in [9.17, 15) is 14.0 Å². The summed E-state index contributed by atoms with van der Waals surface area (Å²) in [5.41, 5.74) is 0.506. The van der Waals surface area contributed by atoms with Gasteiger partial charge in [-0.3, -0.25) is 14.5 Å². The van der Waals surface area contributed by atoms with Crippen molar-refractivity contribution in [2.75, 3.05) is 25.5 Å². The highest BCUT2D eigenvalue weighted by atomic mass is 19.1. The lowest BCUT2D eigenvalue weighted by molar-refractivity contribution is -0.125. The Morgan fingerprint density at radius 1 is 1.08 bits per heavy atom. The first-order valence-electron chi connectivity index (χ1n) is 8.57. The molecule has 0 heterocycles. The van der Waals surface area contributed by atoms with Crippen molar-refractivity contribution in [2.45, 2.75) is 44.6 Å². The van der Waals surface area contributed by atoms with Crippen molar-refractivity contribution in [3.05, 3.63) is 30.1 Å². The molecule has 2 rings (SSSR count). The van der Waals surface area contributed by atoms with Gasteiger partial charge in [0.25, 0.3) is 0 Å². The molecule has 1 aromatic carbocycles. The Kier molecular flexibility index (Phi) is 7.18. The molecule has 1 fully saturated rings. The Morgan fingerprint density at radius 3 is 2.33 bits per heavy atom. The Hall–Kier alpha value is -1.95. The van der Waals surface area contributed by atoms with Gasteiger partial charge in [-0.1, -0.05) is 25.7 Å². The van der Waals surface area contributed by atoms with Gasteiger partial charge in [0.1, 0.15) is 5.82 Å². The quantitative estimate of drug-likeness (QED) is 0.786. The molecule has 0 atom stereocenters. The fourth-order valence-electron chi connectivity index (χ4n) is 3.03. The number of halogens is 1. The highest BCUT2D eigenvalue weighted by Crippen LogP contribution is 2.20. The van der Waals surface area contributed by atoms with Gasteiger partial charge in [0.2, 0.25) is 11.8 Å². The summed E-state index contributed by atoms with van der Waals surface area (Å²) >= 11 is 0. The van der Waals surface area contributed by atoms with Crippen LogP contribution < -0.4 is 10.6 Å². The lowest BCUT2D eigenvalue weighted by Gasteiger charge is -2.26. The minimum Gasteiger partial charge on any atom is -0.346 e. The van der Waals surface area contributed by atoms with Crippen LogP contribution in [-0.2, 0) is 9.59 Å². The summed E-state index contributed by atoms with van der Waals surface area (Å²) < 4.78 is 12.8. The van der Waals surface area contributed by atoms with E-state index in [2.05, 4.69) is 15.5 Å². The highest BCUT2D eigenvalue weighted by molar-refractivity contribution is 5.94. The number of carbonyl (C=O) groups is 2. The minimum absolute atomic E-state index is 0.0886. The Bertz CT molecular complexity index is 540. The third-order valence-electron chi connectivity index (χ3n) is 4.42. The van der Waals surface area contributed by atoms with Crippen molar-refractivity contribution in [2.24, 2.45) is 0 Å². The number of anilines is 1. The van der Waals surface area contributed by atoms with Crippen LogP contribution in [0.15, 0.2) is 24.3 Å². The van der Waals surface area contributed by atoms with E-state index in [-0.39, 0.29) is 24.2 Å². The second-order valence-electron chi connectivity index (χ2n) is 6.39. The smallest absolute Gasteiger partial charge is 0.243 e. The zero-order valence-electron chi connectivity index (χ0n) is 14.2. The molecule has 132 valence electrons. The van der Waals surface area contributed by atoms with Crippen LogP contribution in [0.2, 0.25) is 0 Å². The van der Waals surface area contributed by atoms with Gasteiger partial charge in [-0.2, -0.15) is 0 Å². The molecule has 2 amide bonds. The average Bonchev–Trinajstić information content (AvgIpc) is 2.84. The summed E-state index contributed by atoms with van der Waals surface area (Å²) in [4.78, 5) is 25.9. The van der Waals surface area contributed by atoms with Gasteiger partial charge < -0.3 is 10.6 Å². The Morgan fingerprint density at radius 2 is 1.71 bits per heavy atom. The molecule has 24 heavy (non-hydrogen) atoms. The second-order valence-corrected chi connectivity index (χ2v) is 6.39. The van der Waals surface area contributed by atoms with E-state index in [1.165, 1.54) is 49.9 Å². The maximum atomic E-state index is 12.8. The Balaban J connectivity index is 1.69. The largest absolute Gasteiger partial charge is 0.346 e. The number of benzene rings is 1. The summed E-state index contributed by atoms with van der Waals surface area (Å²) in [6.45, 7) is 0.212. The van der Waals surface area contributed by atoms with Gasteiger partial charge in [-0.25, -0.2) is 4.39 Å². The van der Waals surface area contributed by atoms with E-state index in [0.717, 1.165) is 12.8 Å². The van der Waals surface area contributed by atoms with Crippen molar-refractivity contribution in [3.8, 4) is 0 Å². The minimum atomic E-state index is -0.358. The molecule has 1 aliphatic rings. The van der Waals surface area contributed by atoms with E-state index in [4.69, 9.17) is 0 Å². The van der Waals surface area contributed by atoms with Gasteiger partial charge in [-0.15, -0.1) is 0 Å². The molecule has 5 nitrogen and oxygen atoms in total. The zero-order chi connectivity index (χ0) is 17.4. The van der Waals surface area contributed by atoms with E-state index in [0.29, 0.717) is 18.3 Å². The monoisotopic (exact) mass is 335 g/mol. The van der Waals surface area contributed by atoms with Crippen LogP contribution >= 0.6 is 0 Å². The first-order valence-corrected chi connectivity index (χ1v) is 8.57. The lowest BCUT2D eigenvalue weighted by atomic mass is 10.1. The van der Waals surface area contributed by atoms with Crippen LogP contribution in [0.25, 0.3) is 0 Å². The van der Waals surface area contributed by atoms with Gasteiger partial charge in [0.05, 0.1) is 13.1 Å². The number of hydrogen-bond acceptors (Lipinski definition) is 3. The van der Waals surface area contributed by atoms with Gasteiger partial charge in [0.15, 0.2) is 0 Å². The molecule has 0 aromatic heterocycles. The van der Waals surface area contributed by atoms with Crippen molar-refractivity contribution < 1.29 is 14.0 Å². The average molecular weight is 335 g/mol. The molecule has 0 aliphatic heterocycles. The standard InChI is InChI=1S/C18H26FN3O2/c1-22(16-6-4-2-3-5-7-16)13-18(24)20-12-17(23)21-15-10-8-14(19)9-11-15/h8-11,16H,2-7,12-13H2,1H3,(H,20,24)(H,21,23). The molecule has 2 N–H and O–H groups in total. The molecule has 6 heteroatoms. The molecular formula is C18H26FN3O2. The van der Waals surface area contributed by atoms with E-state index >= 15 is 0 Å². The van der Waals surface area contributed by atoms with Crippen LogP contribution in [0.1, 0.15) is 38.5 Å². The van der Waals surface area contributed by atoms with E-state index in [1.807, 2.05) is 7.05 Å². The SMILES string of the molecule is CN(CC(=O)NCC(=O)Nc1ccc(F)cc1)C1CCCCCC1. The van der Waals surface area contributed by atoms with Crippen LogP contribution in [-0.4, -0.2) is 42.9 Å². The van der Waals surface area contributed by atoms with Crippen LogP contribution in [0.5, 0.6) is 0 Å². The maximum absolute atomic E-state index is 12.8. The molecule has 0 spiro atoms. The van der Waals surface area contributed by atoms with E-state index < -0.39 is 0 Å². The second kappa shape index (κ2) is 9.37. The van der Waals surface area contributed by atoms with Crippen molar-refractivity contribution >= 4 is 17.5 Å². The molecule has 0 saturated heterocycles. The number of nitrogens with one attached hydrogen (secondary N) is 2. The van der Waals surface area contributed by atoms with E-state index in [1.54, 1.807) is 0 Å². The summed E-state index contributed by atoms with van der Waals surface area (Å²) in [5.74, 6) is -0.842. The molecule has 0 unspecified atom stereocenters. The van der Waals surface area contributed by atoms with Crippen LogP contribution in [0.3, 0.4) is 0 Å². The number of carbonyl (C=O) groups excluding carboxylic acids is 2. The fraction of sp³-hybridized carbons (Fsp3) is 0.556. The molecule has 1 aliphatic carbocycles. The fourth-order valence-corrected chi connectivity index (χ4v) is 3.03. The van der Waals surface area contributed by atoms with Crippen molar-refractivity contribution in [1.29, 1.82) is 0 Å². The number of nitrogens with zero attached hydrogens (tertiary/aromatic N) is 1. The van der Waals surface area contributed by atoms with Gasteiger partial charge in [0, 0.05) is 11.7 Å². The zero-order valence-corrected chi connectivity index (χ0v) is 14.2. The lowest BCUT2D eigenvalue weighted by Crippen LogP contribution is -2.42. The number of rotatable bonds is 6. The summed E-state index contributed by atoms with van der Waals surface area (Å²) in [6.07, 6.45) is 7.26. The van der Waals surface area contributed by atoms with Gasteiger partial charge >= 0.3 is 0 Å². The molecular weight excluding hydrogens is 309 g/mol. The number of amides is 2. The highest BCUT2D eigenvalue weighted by Gasteiger charge is 2.19. The molecule has 0 bridgehead atoms. The van der Waals surface area contributed by atoms with Crippen molar-refractivity contribution in [3.63, 3.8) is 0 Å². The third kappa shape index (κ3) is 6.28. The van der Waals surface area contributed by atoms with Crippen molar-refractivity contribution in [1.82, 2.24) is 10.2 Å². The first kappa shape index (κ1) is 18.4. The summed E-state index contributed by atoms with van der Waals surface area (Å²) in [7, 11) is 1.97.